The lowest BCUT2D eigenvalue weighted by atomic mass is 10.1. The largest absolute Gasteiger partial charge is 0.361 e. The van der Waals surface area contributed by atoms with Crippen molar-refractivity contribution >= 4 is 6.21 Å². The Morgan fingerprint density at radius 2 is 2.00 bits per heavy atom. The molecule has 1 aromatic heterocycles. The highest BCUT2D eigenvalue weighted by molar-refractivity contribution is 5.81. The maximum absolute atomic E-state index is 3.97. The molecule has 0 spiro atoms. The summed E-state index contributed by atoms with van der Waals surface area (Å²) >= 11 is 0. The van der Waals surface area contributed by atoms with Gasteiger partial charge in [0, 0.05) is 30.7 Å². The van der Waals surface area contributed by atoms with Crippen molar-refractivity contribution in [1.82, 2.24) is 4.98 Å². The third-order valence-electron chi connectivity index (χ3n) is 2.07. The second-order valence-electron chi connectivity index (χ2n) is 3.10. The summed E-state index contributed by atoms with van der Waals surface area (Å²) in [5, 5.41) is 0. The Morgan fingerprint density at radius 3 is 2.71 bits per heavy atom. The Morgan fingerprint density at radius 1 is 1.21 bits per heavy atom. The monoisotopic (exact) mass is 184 g/mol. The summed E-state index contributed by atoms with van der Waals surface area (Å²) in [5.74, 6) is 0. The number of aromatic nitrogens is 1. The normalized spacial score (nSPS) is 10.9. The van der Waals surface area contributed by atoms with E-state index in [0.717, 1.165) is 11.3 Å². The molecule has 70 valence electrons. The van der Waals surface area contributed by atoms with E-state index in [4.69, 9.17) is 0 Å². The second-order valence-corrected chi connectivity index (χ2v) is 3.10. The lowest BCUT2D eigenvalue weighted by Gasteiger charge is -1.94. The predicted octanol–water partition coefficient (Wildman–Crippen LogP) is 2.73. The first-order chi connectivity index (χ1) is 6.90. The standard InChI is InChI=1S/C12H12N2/c1-13-8-10-7-12(14-9-10)11-5-3-2-4-6-11/h2-9,14H,1H3. The Balaban J connectivity index is 2.34. The van der Waals surface area contributed by atoms with Crippen LogP contribution in [0, 0.1) is 0 Å². The molecule has 0 unspecified atom stereocenters. The van der Waals surface area contributed by atoms with Crippen LogP contribution in [0.2, 0.25) is 0 Å². The van der Waals surface area contributed by atoms with Gasteiger partial charge < -0.3 is 4.98 Å². The van der Waals surface area contributed by atoms with E-state index in [-0.39, 0.29) is 0 Å². The van der Waals surface area contributed by atoms with Gasteiger partial charge in [0.15, 0.2) is 0 Å². The van der Waals surface area contributed by atoms with Gasteiger partial charge in [-0.1, -0.05) is 30.3 Å². The number of hydrogen-bond donors (Lipinski definition) is 1. The van der Waals surface area contributed by atoms with Crippen molar-refractivity contribution in [2.45, 2.75) is 0 Å². The van der Waals surface area contributed by atoms with Gasteiger partial charge in [0.2, 0.25) is 0 Å². The lowest BCUT2D eigenvalue weighted by Crippen LogP contribution is -1.74. The number of nitrogens with one attached hydrogen (secondary N) is 1. The SMILES string of the molecule is CN=Cc1c[nH]c(-c2ccccc2)c1. The third-order valence-corrected chi connectivity index (χ3v) is 2.07. The van der Waals surface area contributed by atoms with E-state index < -0.39 is 0 Å². The molecule has 0 aliphatic carbocycles. The minimum atomic E-state index is 1.10. The van der Waals surface area contributed by atoms with Gasteiger partial charge in [0.1, 0.15) is 0 Å². The maximum atomic E-state index is 3.97. The van der Waals surface area contributed by atoms with Crippen molar-refractivity contribution in [3.05, 3.63) is 48.2 Å². The molecule has 0 bridgehead atoms. The van der Waals surface area contributed by atoms with Gasteiger partial charge in [0.25, 0.3) is 0 Å². The molecule has 2 rings (SSSR count). The molecule has 1 N–H and O–H groups in total. The summed E-state index contributed by atoms with van der Waals surface area (Å²) in [4.78, 5) is 7.18. The van der Waals surface area contributed by atoms with Gasteiger partial charge in [0.05, 0.1) is 0 Å². The average molecular weight is 184 g/mol. The molecule has 0 amide bonds. The third kappa shape index (κ3) is 1.74. The fraction of sp³-hybridized carbons (Fsp3) is 0.0833. The lowest BCUT2D eigenvalue weighted by molar-refractivity contribution is 1.40. The van der Waals surface area contributed by atoms with Crippen LogP contribution in [0.4, 0.5) is 0 Å². The van der Waals surface area contributed by atoms with Crippen molar-refractivity contribution in [2.75, 3.05) is 7.05 Å². The highest BCUT2D eigenvalue weighted by Crippen LogP contribution is 2.17. The van der Waals surface area contributed by atoms with Crippen molar-refractivity contribution < 1.29 is 0 Å². The first-order valence-electron chi connectivity index (χ1n) is 4.56. The molecule has 0 fully saturated rings. The molecule has 1 aromatic carbocycles. The molecule has 0 saturated carbocycles. The number of aliphatic imine (C=N–C) groups is 1. The molecule has 0 aliphatic heterocycles. The summed E-state index contributed by atoms with van der Waals surface area (Å²) in [6.07, 6.45) is 3.79. The van der Waals surface area contributed by atoms with Crippen LogP contribution in [0.3, 0.4) is 0 Å². The van der Waals surface area contributed by atoms with Crippen molar-refractivity contribution in [3.8, 4) is 11.3 Å². The molecular weight excluding hydrogens is 172 g/mol. The molecule has 14 heavy (non-hydrogen) atoms. The minimum absolute atomic E-state index is 1.10. The van der Waals surface area contributed by atoms with E-state index in [2.05, 4.69) is 28.2 Å². The van der Waals surface area contributed by atoms with Crippen LogP contribution in [-0.4, -0.2) is 18.2 Å². The van der Waals surface area contributed by atoms with E-state index >= 15 is 0 Å². The Hall–Kier alpha value is -1.83. The Bertz CT molecular complexity index is 427. The van der Waals surface area contributed by atoms with E-state index in [1.807, 2.05) is 30.6 Å². The predicted molar refractivity (Wildman–Crippen MR) is 59.7 cm³/mol. The van der Waals surface area contributed by atoms with Gasteiger partial charge in [-0.3, -0.25) is 4.99 Å². The topological polar surface area (TPSA) is 28.1 Å². The molecule has 0 radical (unpaired) electrons. The van der Waals surface area contributed by atoms with Gasteiger partial charge in [-0.05, 0) is 11.6 Å². The van der Waals surface area contributed by atoms with Crippen molar-refractivity contribution in [2.24, 2.45) is 4.99 Å². The molecule has 0 aliphatic rings. The number of nitrogens with zero attached hydrogens (tertiary/aromatic N) is 1. The molecule has 1 heterocycles. The highest BCUT2D eigenvalue weighted by Gasteiger charge is 1.98. The maximum Gasteiger partial charge on any atom is 0.0460 e. The molecule has 2 nitrogen and oxygen atoms in total. The van der Waals surface area contributed by atoms with Crippen molar-refractivity contribution in [3.63, 3.8) is 0 Å². The molecular formula is C12H12N2. The zero-order valence-electron chi connectivity index (χ0n) is 8.07. The highest BCUT2D eigenvalue weighted by atomic mass is 14.7. The van der Waals surface area contributed by atoms with Crippen LogP contribution in [0.5, 0.6) is 0 Å². The Labute approximate surface area is 83.3 Å². The van der Waals surface area contributed by atoms with Gasteiger partial charge in [-0.2, -0.15) is 0 Å². The zero-order chi connectivity index (χ0) is 9.80. The summed E-state index contributed by atoms with van der Waals surface area (Å²) in [7, 11) is 1.77. The first kappa shape index (κ1) is 8.75. The van der Waals surface area contributed by atoms with Gasteiger partial charge >= 0.3 is 0 Å². The van der Waals surface area contributed by atoms with E-state index in [1.165, 1.54) is 5.56 Å². The van der Waals surface area contributed by atoms with Crippen LogP contribution < -0.4 is 0 Å². The summed E-state index contributed by atoms with van der Waals surface area (Å²) < 4.78 is 0. The minimum Gasteiger partial charge on any atom is -0.361 e. The van der Waals surface area contributed by atoms with Gasteiger partial charge in [-0.25, -0.2) is 0 Å². The smallest absolute Gasteiger partial charge is 0.0460 e. The summed E-state index contributed by atoms with van der Waals surface area (Å²) in [6.45, 7) is 0. The molecule has 0 atom stereocenters. The zero-order valence-corrected chi connectivity index (χ0v) is 8.07. The Kier molecular flexibility index (Phi) is 2.45. The second kappa shape index (κ2) is 3.92. The number of rotatable bonds is 2. The fourth-order valence-electron chi connectivity index (χ4n) is 1.42. The van der Waals surface area contributed by atoms with Crippen LogP contribution in [0.25, 0.3) is 11.3 Å². The summed E-state index contributed by atoms with van der Waals surface area (Å²) in [6, 6.07) is 12.3. The van der Waals surface area contributed by atoms with Crippen LogP contribution in [0.15, 0.2) is 47.6 Å². The number of H-pyrrole nitrogens is 1. The quantitative estimate of drug-likeness (QED) is 0.695. The summed E-state index contributed by atoms with van der Waals surface area (Å²) in [5.41, 5.74) is 3.43. The van der Waals surface area contributed by atoms with Crippen LogP contribution in [0.1, 0.15) is 5.56 Å². The fourth-order valence-corrected chi connectivity index (χ4v) is 1.42. The van der Waals surface area contributed by atoms with Crippen molar-refractivity contribution in [1.29, 1.82) is 0 Å². The van der Waals surface area contributed by atoms with E-state index in [1.54, 1.807) is 7.05 Å². The average Bonchev–Trinajstić information content (AvgIpc) is 2.68. The van der Waals surface area contributed by atoms with Crippen LogP contribution >= 0.6 is 0 Å². The van der Waals surface area contributed by atoms with Crippen LogP contribution in [-0.2, 0) is 0 Å². The van der Waals surface area contributed by atoms with E-state index in [0.29, 0.717) is 0 Å². The first-order valence-corrected chi connectivity index (χ1v) is 4.56. The molecule has 2 aromatic rings. The van der Waals surface area contributed by atoms with Gasteiger partial charge in [-0.15, -0.1) is 0 Å². The molecule has 2 heteroatoms. The molecule has 0 saturated heterocycles. The number of hydrogen-bond acceptors (Lipinski definition) is 1. The van der Waals surface area contributed by atoms with E-state index in [9.17, 15) is 0 Å². The number of aromatic amines is 1. The number of benzene rings is 1.